The third kappa shape index (κ3) is 3.02. The Hall–Kier alpha value is -2.48. The Balaban J connectivity index is 1.88. The Morgan fingerprint density at radius 1 is 1.17 bits per heavy atom. The molecule has 23 heavy (non-hydrogen) atoms. The molecular formula is C14H11ClF2N4O2. The summed E-state index contributed by atoms with van der Waals surface area (Å²) in [5.41, 5.74) is 1.73. The smallest absolute Gasteiger partial charge is 0.387 e. The van der Waals surface area contributed by atoms with Gasteiger partial charge < -0.3 is 9.15 Å². The topological polar surface area (TPSA) is 66.0 Å². The zero-order valence-electron chi connectivity index (χ0n) is 12.1. The molecule has 0 fully saturated rings. The van der Waals surface area contributed by atoms with Crippen molar-refractivity contribution in [3.05, 3.63) is 35.0 Å². The van der Waals surface area contributed by atoms with Crippen molar-refractivity contribution in [2.75, 3.05) is 0 Å². The van der Waals surface area contributed by atoms with Gasteiger partial charge in [-0.15, -0.1) is 10.2 Å². The van der Waals surface area contributed by atoms with Crippen LogP contribution in [0.4, 0.5) is 8.78 Å². The lowest BCUT2D eigenvalue weighted by atomic mass is 10.2. The van der Waals surface area contributed by atoms with Crippen LogP contribution in [0.5, 0.6) is 5.75 Å². The van der Waals surface area contributed by atoms with Crippen molar-refractivity contribution in [3.63, 3.8) is 0 Å². The van der Waals surface area contributed by atoms with Crippen molar-refractivity contribution in [1.82, 2.24) is 20.0 Å². The second-order valence-electron chi connectivity index (χ2n) is 4.69. The summed E-state index contributed by atoms with van der Waals surface area (Å²) >= 11 is 6.17. The summed E-state index contributed by atoms with van der Waals surface area (Å²) in [6.07, 6.45) is 0. The number of rotatable bonds is 4. The Kier molecular flexibility index (Phi) is 3.99. The van der Waals surface area contributed by atoms with Gasteiger partial charge in [0, 0.05) is 12.6 Å². The molecule has 2 heterocycles. The average molecular weight is 341 g/mol. The van der Waals surface area contributed by atoms with E-state index >= 15 is 0 Å². The van der Waals surface area contributed by atoms with Crippen LogP contribution in [0.15, 0.2) is 28.7 Å². The molecule has 0 N–H and O–H groups in total. The van der Waals surface area contributed by atoms with Gasteiger partial charge in [-0.05, 0) is 31.2 Å². The van der Waals surface area contributed by atoms with Gasteiger partial charge in [0.05, 0.1) is 10.7 Å². The number of aromatic nitrogens is 4. The molecule has 0 atom stereocenters. The number of hydrogen-bond donors (Lipinski definition) is 0. The summed E-state index contributed by atoms with van der Waals surface area (Å²) < 4.78 is 35.7. The van der Waals surface area contributed by atoms with Crippen LogP contribution in [-0.2, 0) is 7.05 Å². The standard InChI is InChI=1S/C14H11ClF2N4O2/c1-7-10(15)11(20-21(7)2)13-19-18-12(23-13)8-3-5-9(6-4-8)22-14(16)17/h3-6,14H,1-2H3. The zero-order valence-corrected chi connectivity index (χ0v) is 12.9. The summed E-state index contributed by atoms with van der Waals surface area (Å²) in [7, 11) is 1.75. The number of halogens is 3. The minimum absolute atomic E-state index is 0.0480. The highest BCUT2D eigenvalue weighted by Gasteiger charge is 2.19. The number of benzene rings is 1. The van der Waals surface area contributed by atoms with Gasteiger partial charge in [0.25, 0.3) is 5.89 Å². The number of hydrogen-bond acceptors (Lipinski definition) is 5. The second-order valence-corrected chi connectivity index (χ2v) is 5.06. The fourth-order valence-electron chi connectivity index (χ4n) is 1.93. The van der Waals surface area contributed by atoms with Crippen molar-refractivity contribution in [1.29, 1.82) is 0 Å². The molecule has 0 saturated carbocycles. The van der Waals surface area contributed by atoms with Crippen LogP contribution in [0, 0.1) is 6.92 Å². The number of ether oxygens (including phenoxy) is 1. The molecule has 0 saturated heterocycles. The van der Waals surface area contributed by atoms with Gasteiger partial charge in [-0.1, -0.05) is 11.6 Å². The van der Waals surface area contributed by atoms with Crippen LogP contribution in [-0.4, -0.2) is 26.6 Å². The number of alkyl halides is 2. The summed E-state index contributed by atoms with van der Waals surface area (Å²) in [5, 5.41) is 12.5. The van der Waals surface area contributed by atoms with E-state index in [0.717, 1.165) is 5.69 Å². The highest BCUT2D eigenvalue weighted by molar-refractivity contribution is 6.33. The van der Waals surface area contributed by atoms with E-state index in [4.69, 9.17) is 16.0 Å². The highest BCUT2D eigenvalue weighted by atomic mass is 35.5. The fourth-order valence-corrected chi connectivity index (χ4v) is 2.17. The second kappa shape index (κ2) is 5.96. The molecule has 0 spiro atoms. The van der Waals surface area contributed by atoms with E-state index < -0.39 is 6.61 Å². The minimum Gasteiger partial charge on any atom is -0.435 e. The first-order chi connectivity index (χ1) is 11.0. The minimum atomic E-state index is -2.87. The van der Waals surface area contributed by atoms with Crippen LogP contribution in [0.25, 0.3) is 23.0 Å². The van der Waals surface area contributed by atoms with E-state index in [1.807, 2.05) is 6.92 Å². The third-order valence-corrected chi connectivity index (χ3v) is 3.67. The normalized spacial score (nSPS) is 11.2. The van der Waals surface area contributed by atoms with E-state index in [2.05, 4.69) is 20.0 Å². The van der Waals surface area contributed by atoms with E-state index in [0.29, 0.717) is 16.3 Å². The first-order valence-corrected chi connectivity index (χ1v) is 6.91. The first-order valence-electron chi connectivity index (χ1n) is 6.54. The molecule has 3 rings (SSSR count). The molecule has 9 heteroatoms. The molecule has 1 aromatic carbocycles. The molecule has 0 amide bonds. The predicted octanol–water partition coefficient (Wildman–Crippen LogP) is 3.70. The molecule has 0 unspecified atom stereocenters. The quantitative estimate of drug-likeness (QED) is 0.724. The molecule has 0 radical (unpaired) electrons. The Morgan fingerprint density at radius 3 is 2.39 bits per heavy atom. The van der Waals surface area contributed by atoms with Gasteiger partial charge >= 0.3 is 6.61 Å². The predicted molar refractivity (Wildman–Crippen MR) is 78.3 cm³/mol. The van der Waals surface area contributed by atoms with Gasteiger partial charge in [0.1, 0.15) is 5.75 Å². The van der Waals surface area contributed by atoms with Crippen molar-refractivity contribution in [2.45, 2.75) is 13.5 Å². The Labute approximate surface area is 134 Å². The molecule has 0 aliphatic heterocycles. The van der Waals surface area contributed by atoms with Crippen LogP contribution in [0.2, 0.25) is 5.02 Å². The number of nitrogens with zero attached hydrogens (tertiary/aromatic N) is 4. The van der Waals surface area contributed by atoms with Gasteiger partial charge in [0.15, 0.2) is 5.69 Å². The van der Waals surface area contributed by atoms with Gasteiger partial charge in [-0.25, -0.2) is 0 Å². The van der Waals surface area contributed by atoms with Crippen molar-refractivity contribution in [3.8, 4) is 28.8 Å². The van der Waals surface area contributed by atoms with Crippen LogP contribution in [0.3, 0.4) is 0 Å². The molecule has 0 aliphatic rings. The molecule has 0 aliphatic carbocycles. The van der Waals surface area contributed by atoms with E-state index in [-0.39, 0.29) is 17.5 Å². The van der Waals surface area contributed by atoms with Gasteiger partial charge in [-0.3, -0.25) is 4.68 Å². The number of aryl methyl sites for hydroxylation is 1. The van der Waals surface area contributed by atoms with Crippen LogP contribution in [0.1, 0.15) is 5.69 Å². The highest BCUT2D eigenvalue weighted by Crippen LogP contribution is 2.30. The van der Waals surface area contributed by atoms with Gasteiger partial charge in [0.2, 0.25) is 5.89 Å². The molecule has 6 nitrogen and oxygen atoms in total. The lowest BCUT2D eigenvalue weighted by molar-refractivity contribution is -0.0498. The maximum absolute atomic E-state index is 12.1. The Morgan fingerprint density at radius 2 is 1.83 bits per heavy atom. The average Bonchev–Trinajstić information content (AvgIpc) is 3.09. The lowest BCUT2D eigenvalue weighted by Gasteiger charge is -2.03. The molecule has 3 aromatic rings. The third-order valence-electron chi connectivity index (χ3n) is 3.21. The van der Waals surface area contributed by atoms with E-state index in [9.17, 15) is 8.78 Å². The van der Waals surface area contributed by atoms with E-state index in [1.165, 1.54) is 12.1 Å². The molecule has 0 bridgehead atoms. The Bertz CT molecular complexity index is 830. The van der Waals surface area contributed by atoms with Crippen LogP contribution < -0.4 is 4.74 Å². The van der Waals surface area contributed by atoms with Crippen molar-refractivity contribution in [2.24, 2.45) is 7.05 Å². The maximum Gasteiger partial charge on any atom is 0.387 e. The molecular weight excluding hydrogens is 330 g/mol. The summed E-state index contributed by atoms with van der Waals surface area (Å²) in [4.78, 5) is 0. The van der Waals surface area contributed by atoms with Crippen molar-refractivity contribution >= 4 is 11.6 Å². The molecule has 120 valence electrons. The van der Waals surface area contributed by atoms with Crippen LogP contribution >= 0.6 is 11.6 Å². The monoisotopic (exact) mass is 340 g/mol. The maximum atomic E-state index is 12.1. The van der Waals surface area contributed by atoms with Crippen molar-refractivity contribution < 1.29 is 17.9 Å². The summed E-state index contributed by atoms with van der Waals surface area (Å²) in [5.74, 6) is 0.455. The first kappa shape index (κ1) is 15.4. The summed E-state index contributed by atoms with van der Waals surface area (Å²) in [6.45, 7) is -1.05. The summed E-state index contributed by atoms with van der Waals surface area (Å²) in [6, 6.07) is 5.87. The molecule has 2 aromatic heterocycles. The fraction of sp³-hybridized carbons (Fsp3) is 0.214. The SMILES string of the molecule is Cc1c(Cl)c(-c2nnc(-c3ccc(OC(F)F)cc3)o2)nn1C. The lowest BCUT2D eigenvalue weighted by Crippen LogP contribution is -2.01. The largest absolute Gasteiger partial charge is 0.435 e. The van der Waals surface area contributed by atoms with E-state index in [1.54, 1.807) is 23.9 Å². The zero-order chi connectivity index (χ0) is 16.6. The van der Waals surface area contributed by atoms with Gasteiger partial charge in [-0.2, -0.15) is 13.9 Å².